The summed E-state index contributed by atoms with van der Waals surface area (Å²) in [5.74, 6) is 0. The van der Waals surface area contributed by atoms with Crippen LogP contribution in [0, 0.1) is 0 Å². The van der Waals surface area contributed by atoms with Gasteiger partial charge in [-0.2, -0.15) is 0 Å². The first-order valence-electron chi connectivity index (χ1n) is 10.0. The summed E-state index contributed by atoms with van der Waals surface area (Å²) in [4.78, 5) is 5.04. The molecule has 1 unspecified atom stereocenters. The summed E-state index contributed by atoms with van der Waals surface area (Å²) in [5, 5.41) is 3.70. The molecule has 0 spiro atoms. The maximum Gasteiger partial charge on any atom is 0.0864 e. The molecule has 0 amide bonds. The molecular formula is C27H22N2. The Morgan fingerprint density at radius 1 is 0.586 bits per heavy atom. The molecule has 1 aliphatic rings. The average molecular weight is 374 g/mol. The lowest BCUT2D eigenvalue weighted by Gasteiger charge is -2.19. The molecule has 29 heavy (non-hydrogen) atoms. The van der Waals surface area contributed by atoms with E-state index in [2.05, 4.69) is 102 Å². The molecule has 1 N–H and O–H groups in total. The van der Waals surface area contributed by atoms with Gasteiger partial charge in [-0.1, -0.05) is 97.1 Å². The van der Waals surface area contributed by atoms with E-state index in [1.54, 1.807) is 0 Å². The number of hydrogen-bond acceptors (Lipinski definition) is 2. The van der Waals surface area contributed by atoms with Crippen molar-refractivity contribution in [3.8, 4) is 11.1 Å². The lowest BCUT2D eigenvalue weighted by atomic mass is 9.96. The largest absolute Gasteiger partial charge is 0.376 e. The van der Waals surface area contributed by atoms with Crippen LogP contribution >= 0.6 is 0 Å². The van der Waals surface area contributed by atoms with Gasteiger partial charge in [0.2, 0.25) is 0 Å². The van der Waals surface area contributed by atoms with Crippen molar-refractivity contribution in [2.75, 3.05) is 5.32 Å². The molecule has 0 aromatic heterocycles. The molecule has 0 radical (unpaired) electrons. The van der Waals surface area contributed by atoms with Crippen molar-refractivity contribution in [3.63, 3.8) is 0 Å². The van der Waals surface area contributed by atoms with E-state index in [1.807, 2.05) is 12.1 Å². The highest BCUT2D eigenvalue weighted by Crippen LogP contribution is 2.35. The minimum atomic E-state index is 0.187. The topological polar surface area (TPSA) is 24.4 Å². The van der Waals surface area contributed by atoms with Crippen LogP contribution in [0.2, 0.25) is 0 Å². The number of hydrogen-bond donors (Lipinski definition) is 1. The Labute approximate surface area is 171 Å². The van der Waals surface area contributed by atoms with Crippen LogP contribution in [0.25, 0.3) is 11.1 Å². The SMILES string of the molecule is c1ccc(-c2ccc(C3=Nc4ccccc4NC(c4ccccc4)C3)cc2)cc1. The molecule has 5 rings (SSSR count). The molecule has 140 valence electrons. The second kappa shape index (κ2) is 7.76. The molecule has 0 saturated carbocycles. The monoisotopic (exact) mass is 374 g/mol. The van der Waals surface area contributed by atoms with Crippen LogP contribution < -0.4 is 5.32 Å². The molecule has 0 bridgehead atoms. The third-order valence-corrected chi connectivity index (χ3v) is 5.41. The van der Waals surface area contributed by atoms with Gasteiger partial charge in [0, 0.05) is 6.42 Å². The highest BCUT2D eigenvalue weighted by molar-refractivity contribution is 6.04. The van der Waals surface area contributed by atoms with Crippen LogP contribution in [0.1, 0.15) is 23.6 Å². The highest BCUT2D eigenvalue weighted by atomic mass is 15.0. The fraction of sp³-hybridized carbons (Fsp3) is 0.0741. The number of fused-ring (bicyclic) bond motifs is 1. The number of anilines is 1. The van der Waals surface area contributed by atoms with Crippen LogP contribution in [-0.4, -0.2) is 5.71 Å². The summed E-state index contributed by atoms with van der Waals surface area (Å²) in [5.41, 5.74) is 8.08. The molecule has 4 aromatic carbocycles. The highest BCUT2D eigenvalue weighted by Gasteiger charge is 2.20. The van der Waals surface area contributed by atoms with Gasteiger partial charge in [-0.05, 0) is 34.4 Å². The lowest BCUT2D eigenvalue weighted by Crippen LogP contribution is -2.14. The molecule has 4 aromatic rings. The van der Waals surface area contributed by atoms with Crippen molar-refractivity contribution in [2.45, 2.75) is 12.5 Å². The van der Waals surface area contributed by atoms with Gasteiger partial charge in [0.05, 0.1) is 23.1 Å². The summed E-state index contributed by atoms with van der Waals surface area (Å²) in [7, 11) is 0. The Kier molecular flexibility index (Phi) is 4.67. The van der Waals surface area contributed by atoms with Crippen LogP contribution in [0.15, 0.2) is 114 Å². The summed E-state index contributed by atoms with van der Waals surface area (Å²) < 4.78 is 0. The predicted octanol–water partition coefficient (Wildman–Crippen LogP) is 7.03. The summed E-state index contributed by atoms with van der Waals surface area (Å²) in [6.07, 6.45) is 0.837. The standard InChI is InChI=1S/C27H22N2/c1-3-9-20(10-4-1)21-15-17-23(18-16-21)27-19-26(22-11-5-2-6-12-22)28-24-13-7-8-14-25(24)29-27/h1-18,26,28H,19H2. The molecular weight excluding hydrogens is 352 g/mol. The third kappa shape index (κ3) is 3.70. The number of aliphatic imine (C=N–C) groups is 1. The molecule has 2 heteroatoms. The molecule has 0 aliphatic carbocycles. The number of rotatable bonds is 3. The Bertz CT molecular complexity index is 1130. The summed E-state index contributed by atoms with van der Waals surface area (Å²) in [6.45, 7) is 0. The maximum absolute atomic E-state index is 5.04. The number of nitrogens with one attached hydrogen (secondary N) is 1. The van der Waals surface area contributed by atoms with Crippen molar-refractivity contribution < 1.29 is 0 Å². The van der Waals surface area contributed by atoms with E-state index in [9.17, 15) is 0 Å². The molecule has 0 saturated heterocycles. The molecule has 1 aliphatic heterocycles. The van der Waals surface area contributed by atoms with Gasteiger partial charge in [0.1, 0.15) is 0 Å². The number of nitrogens with zero attached hydrogens (tertiary/aromatic N) is 1. The van der Waals surface area contributed by atoms with E-state index < -0.39 is 0 Å². The molecule has 1 atom stereocenters. The van der Waals surface area contributed by atoms with Crippen molar-refractivity contribution in [2.24, 2.45) is 4.99 Å². The fourth-order valence-electron chi connectivity index (χ4n) is 3.87. The zero-order valence-electron chi connectivity index (χ0n) is 16.1. The van der Waals surface area contributed by atoms with Crippen molar-refractivity contribution in [3.05, 3.63) is 120 Å². The Hall–Kier alpha value is -3.65. The van der Waals surface area contributed by atoms with Crippen molar-refractivity contribution >= 4 is 17.1 Å². The van der Waals surface area contributed by atoms with E-state index >= 15 is 0 Å². The van der Waals surface area contributed by atoms with E-state index in [4.69, 9.17) is 4.99 Å². The minimum Gasteiger partial charge on any atom is -0.376 e. The quantitative estimate of drug-likeness (QED) is 0.409. The third-order valence-electron chi connectivity index (χ3n) is 5.41. The van der Waals surface area contributed by atoms with Crippen LogP contribution in [0.4, 0.5) is 11.4 Å². The van der Waals surface area contributed by atoms with E-state index in [0.29, 0.717) is 0 Å². The van der Waals surface area contributed by atoms with Gasteiger partial charge in [0.15, 0.2) is 0 Å². The summed E-state index contributed by atoms with van der Waals surface area (Å²) >= 11 is 0. The zero-order valence-corrected chi connectivity index (χ0v) is 16.1. The van der Waals surface area contributed by atoms with Gasteiger partial charge in [0.25, 0.3) is 0 Å². The summed E-state index contributed by atoms with van der Waals surface area (Å²) in [6, 6.07) is 38.3. The normalized spacial score (nSPS) is 15.6. The van der Waals surface area contributed by atoms with Crippen molar-refractivity contribution in [1.82, 2.24) is 0 Å². The van der Waals surface area contributed by atoms with Gasteiger partial charge < -0.3 is 5.32 Å². The number of para-hydroxylation sites is 2. The van der Waals surface area contributed by atoms with Gasteiger partial charge in [-0.25, -0.2) is 0 Å². The lowest BCUT2D eigenvalue weighted by molar-refractivity contribution is 0.828. The zero-order chi connectivity index (χ0) is 19.5. The second-order valence-corrected chi connectivity index (χ2v) is 7.33. The fourth-order valence-corrected chi connectivity index (χ4v) is 3.87. The first-order chi connectivity index (χ1) is 14.4. The van der Waals surface area contributed by atoms with Crippen LogP contribution in [0.3, 0.4) is 0 Å². The van der Waals surface area contributed by atoms with Crippen LogP contribution in [-0.2, 0) is 0 Å². The smallest absolute Gasteiger partial charge is 0.0864 e. The number of benzene rings is 4. The predicted molar refractivity (Wildman–Crippen MR) is 122 cm³/mol. The van der Waals surface area contributed by atoms with E-state index in [1.165, 1.54) is 22.3 Å². The Morgan fingerprint density at radius 3 is 1.93 bits per heavy atom. The first-order valence-corrected chi connectivity index (χ1v) is 10.0. The van der Waals surface area contributed by atoms with E-state index in [-0.39, 0.29) is 6.04 Å². The van der Waals surface area contributed by atoms with Gasteiger partial charge in [-0.15, -0.1) is 0 Å². The Morgan fingerprint density at radius 2 is 1.17 bits per heavy atom. The van der Waals surface area contributed by atoms with Gasteiger partial charge in [-0.3, -0.25) is 4.99 Å². The molecule has 2 nitrogen and oxygen atoms in total. The molecule has 0 fully saturated rings. The first kappa shape index (κ1) is 17.4. The Balaban J connectivity index is 1.53. The van der Waals surface area contributed by atoms with Crippen molar-refractivity contribution in [1.29, 1.82) is 0 Å². The molecule has 1 heterocycles. The maximum atomic E-state index is 5.04. The van der Waals surface area contributed by atoms with Crippen LogP contribution in [0.5, 0.6) is 0 Å². The average Bonchev–Trinajstić information content (AvgIpc) is 3.00. The minimum absolute atomic E-state index is 0.187. The van der Waals surface area contributed by atoms with Gasteiger partial charge >= 0.3 is 0 Å². The second-order valence-electron chi connectivity index (χ2n) is 7.33. The van der Waals surface area contributed by atoms with E-state index in [0.717, 1.165) is 23.5 Å².